The summed E-state index contributed by atoms with van der Waals surface area (Å²) in [6.45, 7) is 3.77. The maximum atomic E-state index is 12.9. The number of aryl methyl sites for hydroxylation is 1. The molecule has 4 rings (SSSR count). The SMILES string of the molecule is Cc1cncc(C(=O)Nc2cccc([C@H](C)Nc3cnc4cc(C(F)(F)F)ccc4n3)c2)c1. The minimum atomic E-state index is -4.43. The van der Waals surface area contributed by atoms with E-state index in [9.17, 15) is 18.0 Å². The summed E-state index contributed by atoms with van der Waals surface area (Å²) >= 11 is 0. The molecule has 2 N–H and O–H groups in total. The van der Waals surface area contributed by atoms with Crippen molar-refractivity contribution in [2.75, 3.05) is 10.6 Å². The van der Waals surface area contributed by atoms with Crippen LogP contribution in [0.3, 0.4) is 0 Å². The van der Waals surface area contributed by atoms with Gasteiger partial charge in [0.2, 0.25) is 0 Å². The number of hydrogen-bond donors (Lipinski definition) is 2. The van der Waals surface area contributed by atoms with Crippen LogP contribution in [0, 0.1) is 6.92 Å². The van der Waals surface area contributed by atoms with Crippen LogP contribution in [0.4, 0.5) is 24.7 Å². The van der Waals surface area contributed by atoms with Gasteiger partial charge < -0.3 is 10.6 Å². The third-order valence-corrected chi connectivity index (χ3v) is 5.02. The Labute approximate surface area is 187 Å². The Bertz CT molecular complexity index is 1320. The average Bonchev–Trinajstić information content (AvgIpc) is 2.78. The number of pyridine rings is 1. The zero-order chi connectivity index (χ0) is 23.6. The van der Waals surface area contributed by atoms with E-state index in [2.05, 4.69) is 25.6 Å². The average molecular weight is 451 g/mol. The molecule has 9 heteroatoms. The number of carbonyl (C=O) groups is 1. The molecule has 1 amide bonds. The van der Waals surface area contributed by atoms with Gasteiger partial charge in [0.1, 0.15) is 5.82 Å². The third-order valence-electron chi connectivity index (χ3n) is 5.02. The molecule has 6 nitrogen and oxygen atoms in total. The quantitative estimate of drug-likeness (QED) is 0.402. The second-order valence-electron chi connectivity index (χ2n) is 7.65. The van der Waals surface area contributed by atoms with Crippen LogP contribution in [0.5, 0.6) is 0 Å². The molecule has 0 unspecified atom stereocenters. The maximum Gasteiger partial charge on any atom is 0.416 e. The Morgan fingerprint density at radius 3 is 2.58 bits per heavy atom. The van der Waals surface area contributed by atoms with Gasteiger partial charge in [0.15, 0.2) is 0 Å². The monoisotopic (exact) mass is 451 g/mol. The van der Waals surface area contributed by atoms with E-state index < -0.39 is 11.7 Å². The van der Waals surface area contributed by atoms with E-state index in [1.54, 1.807) is 18.3 Å². The number of nitrogens with one attached hydrogen (secondary N) is 2. The van der Waals surface area contributed by atoms with Crippen LogP contribution in [0.1, 0.15) is 40.0 Å². The minimum Gasteiger partial charge on any atom is -0.362 e. The molecule has 2 aromatic carbocycles. The van der Waals surface area contributed by atoms with Gasteiger partial charge in [-0.1, -0.05) is 12.1 Å². The fraction of sp³-hybridized carbons (Fsp3) is 0.167. The molecule has 0 spiro atoms. The van der Waals surface area contributed by atoms with E-state index >= 15 is 0 Å². The Balaban J connectivity index is 1.48. The summed E-state index contributed by atoms with van der Waals surface area (Å²) in [6.07, 6.45) is 0.148. The van der Waals surface area contributed by atoms with E-state index in [0.717, 1.165) is 23.3 Å². The van der Waals surface area contributed by atoms with Gasteiger partial charge in [-0.3, -0.25) is 14.8 Å². The minimum absolute atomic E-state index is 0.165. The lowest BCUT2D eigenvalue weighted by molar-refractivity contribution is -0.137. The third kappa shape index (κ3) is 5.25. The summed E-state index contributed by atoms with van der Waals surface area (Å²) in [6, 6.07) is 12.2. The number of aromatic nitrogens is 3. The van der Waals surface area contributed by atoms with Crippen LogP contribution < -0.4 is 10.6 Å². The molecular formula is C24H20F3N5O. The van der Waals surface area contributed by atoms with Crippen LogP contribution in [0.25, 0.3) is 11.0 Å². The number of benzene rings is 2. The molecule has 0 aliphatic heterocycles. The number of hydrogen-bond acceptors (Lipinski definition) is 5. The van der Waals surface area contributed by atoms with Gasteiger partial charge in [-0.05, 0) is 61.4 Å². The first kappa shape index (κ1) is 22.2. The van der Waals surface area contributed by atoms with E-state index in [1.165, 1.54) is 18.5 Å². The summed E-state index contributed by atoms with van der Waals surface area (Å²) in [4.78, 5) is 25.0. The number of halogens is 3. The maximum absolute atomic E-state index is 12.9. The highest BCUT2D eigenvalue weighted by molar-refractivity contribution is 6.04. The van der Waals surface area contributed by atoms with Crippen LogP contribution in [-0.4, -0.2) is 20.9 Å². The fourth-order valence-electron chi connectivity index (χ4n) is 3.33. The summed E-state index contributed by atoms with van der Waals surface area (Å²) in [5, 5.41) is 6.06. The molecule has 2 heterocycles. The van der Waals surface area contributed by atoms with E-state index in [0.29, 0.717) is 22.6 Å². The highest BCUT2D eigenvalue weighted by atomic mass is 19.4. The highest BCUT2D eigenvalue weighted by Crippen LogP contribution is 2.31. The second kappa shape index (κ2) is 8.85. The van der Waals surface area contributed by atoms with Crippen molar-refractivity contribution in [3.05, 3.63) is 89.4 Å². The van der Waals surface area contributed by atoms with Crippen molar-refractivity contribution >= 4 is 28.4 Å². The van der Waals surface area contributed by atoms with Crippen molar-refractivity contribution in [3.63, 3.8) is 0 Å². The Hall–Kier alpha value is -4.01. The lowest BCUT2D eigenvalue weighted by atomic mass is 10.1. The number of nitrogens with zero attached hydrogens (tertiary/aromatic N) is 3. The molecule has 0 radical (unpaired) electrons. The van der Waals surface area contributed by atoms with Gasteiger partial charge in [0.05, 0.1) is 34.4 Å². The Morgan fingerprint density at radius 1 is 1.00 bits per heavy atom. The van der Waals surface area contributed by atoms with Crippen molar-refractivity contribution in [2.24, 2.45) is 0 Å². The molecule has 0 saturated carbocycles. The first-order valence-corrected chi connectivity index (χ1v) is 10.1. The number of anilines is 2. The first-order chi connectivity index (χ1) is 15.7. The van der Waals surface area contributed by atoms with Crippen LogP contribution >= 0.6 is 0 Å². The van der Waals surface area contributed by atoms with E-state index in [-0.39, 0.29) is 17.5 Å². The van der Waals surface area contributed by atoms with E-state index in [4.69, 9.17) is 0 Å². The van der Waals surface area contributed by atoms with Gasteiger partial charge in [-0.25, -0.2) is 4.98 Å². The molecule has 0 saturated heterocycles. The summed E-state index contributed by atoms with van der Waals surface area (Å²) in [7, 11) is 0. The summed E-state index contributed by atoms with van der Waals surface area (Å²) in [5.41, 5.74) is 2.61. The molecule has 2 aromatic heterocycles. The highest BCUT2D eigenvalue weighted by Gasteiger charge is 2.30. The summed E-state index contributed by atoms with van der Waals surface area (Å²) < 4.78 is 38.7. The lowest BCUT2D eigenvalue weighted by Gasteiger charge is -2.16. The van der Waals surface area contributed by atoms with Gasteiger partial charge in [0.25, 0.3) is 5.91 Å². The van der Waals surface area contributed by atoms with Gasteiger partial charge in [0, 0.05) is 18.1 Å². The largest absolute Gasteiger partial charge is 0.416 e. The topological polar surface area (TPSA) is 79.8 Å². The molecule has 168 valence electrons. The fourth-order valence-corrected chi connectivity index (χ4v) is 3.33. The number of fused-ring (bicyclic) bond motifs is 1. The van der Waals surface area contributed by atoms with Crippen molar-refractivity contribution in [1.29, 1.82) is 0 Å². The van der Waals surface area contributed by atoms with Gasteiger partial charge >= 0.3 is 6.18 Å². The predicted molar refractivity (Wildman–Crippen MR) is 120 cm³/mol. The Morgan fingerprint density at radius 2 is 1.82 bits per heavy atom. The molecular weight excluding hydrogens is 431 g/mol. The molecule has 33 heavy (non-hydrogen) atoms. The van der Waals surface area contributed by atoms with Crippen molar-refractivity contribution in [2.45, 2.75) is 26.1 Å². The normalized spacial score (nSPS) is 12.4. The predicted octanol–water partition coefficient (Wildman–Crippen LogP) is 5.78. The Kier molecular flexibility index (Phi) is 5.95. The number of carbonyl (C=O) groups excluding carboxylic acids is 1. The van der Waals surface area contributed by atoms with E-state index in [1.807, 2.05) is 32.0 Å². The zero-order valence-electron chi connectivity index (χ0n) is 17.8. The molecule has 0 aliphatic rings. The van der Waals surface area contributed by atoms with Crippen LogP contribution in [0.15, 0.2) is 67.1 Å². The molecule has 0 fully saturated rings. The van der Waals surface area contributed by atoms with Crippen molar-refractivity contribution in [3.8, 4) is 0 Å². The smallest absolute Gasteiger partial charge is 0.362 e. The van der Waals surface area contributed by atoms with Crippen LogP contribution in [-0.2, 0) is 6.18 Å². The number of alkyl halides is 3. The molecule has 0 aliphatic carbocycles. The molecule has 0 bridgehead atoms. The van der Waals surface area contributed by atoms with Crippen molar-refractivity contribution in [1.82, 2.24) is 15.0 Å². The number of rotatable bonds is 5. The second-order valence-corrected chi connectivity index (χ2v) is 7.65. The van der Waals surface area contributed by atoms with Gasteiger partial charge in [-0.2, -0.15) is 13.2 Å². The molecule has 4 aromatic rings. The first-order valence-electron chi connectivity index (χ1n) is 10.1. The number of amides is 1. The molecule has 1 atom stereocenters. The van der Waals surface area contributed by atoms with Crippen molar-refractivity contribution < 1.29 is 18.0 Å². The van der Waals surface area contributed by atoms with Gasteiger partial charge in [-0.15, -0.1) is 0 Å². The summed E-state index contributed by atoms with van der Waals surface area (Å²) in [5.74, 6) is 0.164. The lowest BCUT2D eigenvalue weighted by Crippen LogP contribution is -2.13. The zero-order valence-corrected chi connectivity index (χ0v) is 17.8. The van der Waals surface area contributed by atoms with Crippen LogP contribution in [0.2, 0.25) is 0 Å². The standard InChI is InChI=1S/C24H20F3N5O/c1-14-8-17(12-28-11-14)23(33)31-19-5-3-4-16(9-19)15(2)30-22-13-29-21-10-18(24(25,26)27)6-7-20(21)32-22/h3-13,15H,1-2H3,(H,30,32)(H,31,33)/t15-/m0/s1.